The second kappa shape index (κ2) is 10.9. The molecule has 3 rings (SSSR count). The van der Waals surface area contributed by atoms with E-state index in [1.165, 1.54) is 19.5 Å². The standard InChI is InChI=1S/C15H20N2O2.C6H8O7/c16-15(18)11-2-4-14(5-3-11)19-7-1-6-17-9-12-8-13(12)10-17;7-3(8)1-6(13,5(11)12)2-4(9)10/h2-5,12-13H,1,6-10H2,(H2,16,18);13H,1-2H2,(H,7,8)(H,9,10)(H,11,12)/t12-,13+;. The molecule has 1 saturated carbocycles. The van der Waals surface area contributed by atoms with Crippen LogP contribution in [0.15, 0.2) is 24.3 Å². The highest BCUT2D eigenvalue weighted by molar-refractivity contribution is 5.92. The molecule has 0 aromatic heterocycles. The summed E-state index contributed by atoms with van der Waals surface area (Å²) in [6, 6.07) is 6.99. The number of aliphatic carboxylic acids is 3. The summed E-state index contributed by atoms with van der Waals surface area (Å²) < 4.78 is 5.66. The van der Waals surface area contributed by atoms with Crippen molar-refractivity contribution in [2.24, 2.45) is 17.6 Å². The summed E-state index contributed by atoms with van der Waals surface area (Å²) in [4.78, 5) is 44.0. The van der Waals surface area contributed by atoms with Gasteiger partial charge >= 0.3 is 17.9 Å². The smallest absolute Gasteiger partial charge is 0.336 e. The van der Waals surface area contributed by atoms with Crippen LogP contribution in [-0.4, -0.2) is 81.0 Å². The Bertz CT molecular complexity index is 814. The molecule has 32 heavy (non-hydrogen) atoms. The molecule has 0 radical (unpaired) electrons. The fourth-order valence-corrected chi connectivity index (χ4v) is 3.59. The number of hydrogen-bond donors (Lipinski definition) is 5. The van der Waals surface area contributed by atoms with Crippen LogP contribution in [0.2, 0.25) is 0 Å². The SMILES string of the molecule is NC(=O)c1ccc(OCCCN2C[C@H]3C[C@H]3C2)cc1.O=C(O)CC(O)(CC(=O)O)C(=O)O. The maximum Gasteiger partial charge on any atom is 0.336 e. The second-order valence-corrected chi connectivity index (χ2v) is 8.08. The number of aliphatic hydroxyl groups is 1. The van der Waals surface area contributed by atoms with Gasteiger partial charge in [0.25, 0.3) is 0 Å². The summed E-state index contributed by atoms with van der Waals surface area (Å²) in [5.74, 6) is -2.62. The van der Waals surface area contributed by atoms with Crippen molar-refractivity contribution in [1.29, 1.82) is 0 Å². The number of piperidine rings is 1. The number of likely N-dealkylation sites (tertiary alicyclic amines) is 1. The molecule has 0 unspecified atom stereocenters. The molecular weight excluding hydrogens is 424 g/mol. The Kier molecular flexibility index (Phi) is 8.56. The predicted molar refractivity (Wildman–Crippen MR) is 110 cm³/mol. The van der Waals surface area contributed by atoms with Gasteiger partial charge in [0, 0.05) is 25.2 Å². The average Bonchev–Trinajstić information content (AvgIpc) is 3.30. The highest BCUT2D eigenvalue weighted by atomic mass is 16.5. The van der Waals surface area contributed by atoms with Gasteiger partial charge in [0.2, 0.25) is 5.91 Å². The van der Waals surface area contributed by atoms with Gasteiger partial charge in [-0.15, -0.1) is 0 Å². The Hall–Kier alpha value is -3.18. The van der Waals surface area contributed by atoms with Crippen molar-refractivity contribution >= 4 is 23.8 Å². The van der Waals surface area contributed by atoms with Gasteiger partial charge in [-0.25, -0.2) is 4.79 Å². The minimum Gasteiger partial charge on any atom is -0.494 e. The van der Waals surface area contributed by atoms with Crippen molar-refractivity contribution in [3.63, 3.8) is 0 Å². The van der Waals surface area contributed by atoms with Crippen LogP contribution in [0, 0.1) is 11.8 Å². The third kappa shape index (κ3) is 7.82. The number of rotatable bonds is 11. The number of primary amides is 1. The normalized spacial score (nSPS) is 19.3. The Morgan fingerprint density at radius 3 is 1.97 bits per heavy atom. The number of hydrogen-bond acceptors (Lipinski definition) is 7. The molecule has 1 saturated heterocycles. The Balaban J connectivity index is 0.000000247. The van der Waals surface area contributed by atoms with E-state index in [1.54, 1.807) is 24.3 Å². The summed E-state index contributed by atoms with van der Waals surface area (Å²) in [6.45, 7) is 4.43. The molecule has 1 aromatic rings. The van der Waals surface area contributed by atoms with Crippen molar-refractivity contribution < 1.29 is 44.3 Å². The molecule has 2 aliphatic rings. The van der Waals surface area contributed by atoms with Gasteiger partial charge in [-0.2, -0.15) is 0 Å². The van der Waals surface area contributed by atoms with E-state index in [2.05, 4.69) is 4.90 Å². The third-order valence-electron chi connectivity index (χ3n) is 5.37. The molecule has 1 aliphatic carbocycles. The van der Waals surface area contributed by atoms with Crippen molar-refractivity contribution in [3.8, 4) is 5.75 Å². The molecular formula is C21H28N2O9. The zero-order chi connectivity index (χ0) is 23.9. The van der Waals surface area contributed by atoms with Crippen LogP contribution in [0.25, 0.3) is 0 Å². The van der Waals surface area contributed by atoms with E-state index in [-0.39, 0.29) is 0 Å². The number of carbonyl (C=O) groups is 4. The lowest BCUT2D eigenvalue weighted by molar-refractivity contribution is -0.170. The molecule has 6 N–H and O–H groups in total. The van der Waals surface area contributed by atoms with E-state index in [0.29, 0.717) is 5.56 Å². The quantitative estimate of drug-likeness (QED) is 0.291. The number of carboxylic acid groups (broad SMARTS) is 3. The number of nitrogens with two attached hydrogens (primary N) is 1. The van der Waals surface area contributed by atoms with Gasteiger partial charge in [-0.1, -0.05) is 0 Å². The first-order valence-electron chi connectivity index (χ1n) is 10.1. The molecule has 1 amide bonds. The number of carbonyl (C=O) groups excluding carboxylic acids is 1. The van der Waals surface area contributed by atoms with E-state index in [0.717, 1.165) is 37.2 Å². The monoisotopic (exact) mass is 452 g/mol. The van der Waals surface area contributed by atoms with Crippen molar-refractivity contribution in [2.75, 3.05) is 26.2 Å². The number of nitrogens with zero attached hydrogens (tertiary/aromatic N) is 1. The average molecular weight is 452 g/mol. The van der Waals surface area contributed by atoms with E-state index < -0.39 is 42.3 Å². The van der Waals surface area contributed by atoms with Gasteiger partial charge in [-0.05, 0) is 48.9 Å². The Morgan fingerprint density at radius 2 is 1.53 bits per heavy atom. The summed E-state index contributed by atoms with van der Waals surface area (Å²) in [6.07, 6.45) is 0.222. The van der Waals surface area contributed by atoms with Gasteiger partial charge in [0.05, 0.1) is 19.4 Å². The van der Waals surface area contributed by atoms with E-state index in [1.807, 2.05) is 0 Å². The van der Waals surface area contributed by atoms with Crippen LogP contribution >= 0.6 is 0 Å². The molecule has 11 heteroatoms. The first-order chi connectivity index (χ1) is 15.0. The lowest BCUT2D eigenvalue weighted by Gasteiger charge is -2.18. The number of carboxylic acids is 3. The highest BCUT2D eigenvalue weighted by Crippen LogP contribution is 2.44. The molecule has 1 aromatic carbocycles. The number of benzene rings is 1. The fraction of sp³-hybridized carbons (Fsp3) is 0.524. The van der Waals surface area contributed by atoms with Crippen molar-refractivity contribution in [3.05, 3.63) is 29.8 Å². The number of ether oxygens (including phenoxy) is 1. The summed E-state index contributed by atoms with van der Waals surface area (Å²) >= 11 is 0. The first kappa shape index (κ1) is 25.1. The van der Waals surface area contributed by atoms with Gasteiger partial charge in [0.15, 0.2) is 5.60 Å². The zero-order valence-corrected chi connectivity index (χ0v) is 17.5. The second-order valence-electron chi connectivity index (χ2n) is 8.08. The molecule has 0 spiro atoms. The third-order valence-corrected chi connectivity index (χ3v) is 5.37. The van der Waals surface area contributed by atoms with Crippen LogP contribution in [-0.2, 0) is 14.4 Å². The topological polar surface area (TPSA) is 188 Å². The molecule has 2 fully saturated rings. The molecule has 1 aliphatic heterocycles. The minimum atomic E-state index is -2.74. The van der Waals surface area contributed by atoms with Crippen LogP contribution in [0.3, 0.4) is 0 Å². The van der Waals surface area contributed by atoms with E-state index >= 15 is 0 Å². The predicted octanol–water partition coefficient (Wildman–Crippen LogP) is 0.258. The molecule has 11 nitrogen and oxygen atoms in total. The zero-order valence-electron chi connectivity index (χ0n) is 17.5. The number of fused-ring (bicyclic) bond motifs is 1. The fourth-order valence-electron chi connectivity index (χ4n) is 3.59. The summed E-state index contributed by atoms with van der Waals surface area (Å²) in [5.41, 5.74) is 2.96. The minimum absolute atomic E-state index is 0.404. The molecule has 0 bridgehead atoms. The lowest BCUT2D eigenvalue weighted by Crippen LogP contribution is -2.42. The number of amides is 1. The van der Waals surface area contributed by atoms with Gasteiger partial charge < -0.3 is 35.8 Å². The van der Waals surface area contributed by atoms with Crippen LogP contribution < -0.4 is 10.5 Å². The Morgan fingerprint density at radius 1 is 1.00 bits per heavy atom. The maximum atomic E-state index is 10.9. The molecule has 176 valence electrons. The largest absolute Gasteiger partial charge is 0.494 e. The summed E-state index contributed by atoms with van der Waals surface area (Å²) in [7, 11) is 0. The van der Waals surface area contributed by atoms with Crippen LogP contribution in [0.4, 0.5) is 0 Å². The van der Waals surface area contributed by atoms with Gasteiger partial charge in [-0.3, -0.25) is 14.4 Å². The van der Waals surface area contributed by atoms with Crippen molar-refractivity contribution in [1.82, 2.24) is 4.90 Å². The Labute approximate surface area is 184 Å². The maximum absolute atomic E-state index is 10.9. The van der Waals surface area contributed by atoms with Crippen LogP contribution in [0.1, 0.15) is 36.0 Å². The lowest BCUT2D eigenvalue weighted by atomic mass is 9.96. The molecule has 2 atom stereocenters. The van der Waals surface area contributed by atoms with E-state index in [9.17, 15) is 19.2 Å². The van der Waals surface area contributed by atoms with Gasteiger partial charge in [0.1, 0.15) is 5.75 Å². The highest BCUT2D eigenvalue weighted by Gasteiger charge is 2.44. The first-order valence-corrected chi connectivity index (χ1v) is 10.1. The van der Waals surface area contributed by atoms with Crippen molar-refractivity contribution in [2.45, 2.75) is 31.3 Å². The molecule has 1 heterocycles. The summed E-state index contributed by atoms with van der Waals surface area (Å²) in [5, 5.41) is 33.8. The van der Waals surface area contributed by atoms with E-state index in [4.69, 9.17) is 30.9 Å². The van der Waals surface area contributed by atoms with Crippen LogP contribution in [0.5, 0.6) is 5.75 Å².